The highest BCUT2D eigenvalue weighted by atomic mass is 16.4. The van der Waals surface area contributed by atoms with Crippen LogP contribution in [0.3, 0.4) is 0 Å². The Kier molecular flexibility index (Phi) is 8.16. The smallest absolute Gasteiger partial charge is 0.314 e. The van der Waals surface area contributed by atoms with Crippen LogP contribution in [0.2, 0.25) is 0 Å². The Labute approximate surface area is 127 Å². The van der Waals surface area contributed by atoms with E-state index in [4.69, 9.17) is 5.11 Å². The SMILES string of the molecule is CCC(CNC(=O)NCCC1CCCC(C)C1)CC(=O)O. The molecule has 0 radical (unpaired) electrons. The monoisotopic (exact) mass is 298 g/mol. The molecule has 3 unspecified atom stereocenters. The Hall–Kier alpha value is -1.26. The molecule has 0 heterocycles. The minimum absolute atomic E-state index is 0.00689. The zero-order chi connectivity index (χ0) is 15.7. The molecule has 0 aromatic heterocycles. The molecule has 0 aromatic carbocycles. The van der Waals surface area contributed by atoms with E-state index in [9.17, 15) is 9.59 Å². The van der Waals surface area contributed by atoms with Crippen LogP contribution in [0.25, 0.3) is 0 Å². The topological polar surface area (TPSA) is 78.4 Å². The van der Waals surface area contributed by atoms with E-state index < -0.39 is 5.97 Å². The predicted molar refractivity (Wildman–Crippen MR) is 83.2 cm³/mol. The Bertz CT molecular complexity index is 333. The molecule has 1 aliphatic carbocycles. The van der Waals surface area contributed by atoms with Crippen molar-refractivity contribution in [2.75, 3.05) is 13.1 Å². The zero-order valence-corrected chi connectivity index (χ0v) is 13.4. The molecular weight excluding hydrogens is 268 g/mol. The van der Waals surface area contributed by atoms with Crippen LogP contribution in [0.4, 0.5) is 4.79 Å². The van der Waals surface area contributed by atoms with E-state index in [-0.39, 0.29) is 18.4 Å². The van der Waals surface area contributed by atoms with Crippen molar-refractivity contribution in [2.24, 2.45) is 17.8 Å². The molecule has 1 saturated carbocycles. The molecule has 5 heteroatoms. The quantitative estimate of drug-likeness (QED) is 0.644. The third-order valence-electron chi connectivity index (χ3n) is 4.48. The van der Waals surface area contributed by atoms with Gasteiger partial charge in [0.2, 0.25) is 0 Å². The molecule has 2 amide bonds. The summed E-state index contributed by atoms with van der Waals surface area (Å²) in [5.41, 5.74) is 0. The summed E-state index contributed by atoms with van der Waals surface area (Å²) >= 11 is 0. The number of urea groups is 1. The largest absolute Gasteiger partial charge is 0.481 e. The third-order valence-corrected chi connectivity index (χ3v) is 4.48. The van der Waals surface area contributed by atoms with Crippen molar-refractivity contribution in [1.29, 1.82) is 0 Å². The fraction of sp³-hybridized carbons (Fsp3) is 0.875. The Morgan fingerprint density at radius 3 is 2.67 bits per heavy atom. The summed E-state index contributed by atoms with van der Waals surface area (Å²) in [6.07, 6.45) is 7.12. The fourth-order valence-electron chi connectivity index (χ4n) is 3.12. The Balaban J connectivity index is 2.11. The van der Waals surface area contributed by atoms with Gasteiger partial charge in [0.25, 0.3) is 0 Å². The molecule has 0 aliphatic heterocycles. The van der Waals surface area contributed by atoms with Gasteiger partial charge in [-0.2, -0.15) is 0 Å². The molecular formula is C16H30N2O3. The number of aliphatic carboxylic acids is 1. The number of nitrogens with one attached hydrogen (secondary N) is 2. The minimum atomic E-state index is -0.810. The maximum absolute atomic E-state index is 11.7. The van der Waals surface area contributed by atoms with Gasteiger partial charge in [-0.15, -0.1) is 0 Å². The second-order valence-electron chi connectivity index (χ2n) is 6.44. The lowest BCUT2D eigenvalue weighted by Gasteiger charge is -2.26. The van der Waals surface area contributed by atoms with Crippen molar-refractivity contribution in [1.82, 2.24) is 10.6 Å². The molecule has 3 N–H and O–H groups in total. The van der Waals surface area contributed by atoms with E-state index in [1.54, 1.807) is 0 Å². The molecule has 3 atom stereocenters. The van der Waals surface area contributed by atoms with Gasteiger partial charge >= 0.3 is 12.0 Å². The van der Waals surface area contributed by atoms with E-state index in [0.29, 0.717) is 13.1 Å². The van der Waals surface area contributed by atoms with E-state index in [1.165, 1.54) is 25.7 Å². The summed E-state index contributed by atoms with van der Waals surface area (Å²) in [6.45, 7) is 5.38. The number of rotatable bonds is 8. The van der Waals surface area contributed by atoms with Gasteiger partial charge in [-0.05, 0) is 30.6 Å². The number of carboxylic acids is 1. The summed E-state index contributed by atoms with van der Waals surface area (Å²) < 4.78 is 0. The van der Waals surface area contributed by atoms with Crippen LogP contribution in [-0.2, 0) is 4.79 Å². The van der Waals surface area contributed by atoms with E-state index in [1.807, 2.05) is 6.92 Å². The highest BCUT2D eigenvalue weighted by Crippen LogP contribution is 2.30. The van der Waals surface area contributed by atoms with Gasteiger partial charge in [0.05, 0.1) is 0 Å². The normalized spacial score (nSPS) is 23.3. The first-order valence-electron chi connectivity index (χ1n) is 8.24. The van der Waals surface area contributed by atoms with Crippen molar-refractivity contribution in [2.45, 2.75) is 58.8 Å². The number of carboxylic acid groups (broad SMARTS) is 1. The van der Waals surface area contributed by atoms with Crippen LogP contribution in [-0.4, -0.2) is 30.2 Å². The Morgan fingerprint density at radius 2 is 2.05 bits per heavy atom. The number of carbonyl (C=O) groups excluding carboxylic acids is 1. The molecule has 1 fully saturated rings. The molecule has 21 heavy (non-hydrogen) atoms. The van der Waals surface area contributed by atoms with Crippen LogP contribution < -0.4 is 10.6 Å². The second-order valence-corrected chi connectivity index (χ2v) is 6.44. The van der Waals surface area contributed by atoms with Crippen molar-refractivity contribution in [3.63, 3.8) is 0 Å². The van der Waals surface area contributed by atoms with Crippen LogP contribution in [0.5, 0.6) is 0 Å². The average molecular weight is 298 g/mol. The summed E-state index contributed by atoms with van der Waals surface area (Å²) in [7, 11) is 0. The highest BCUT2D eigenvalue weighted by Gasteiger charge is 2.18. The predicted octanol–water partition coefficient (Wildman–Crippen LogP) is 3.00. The summed E-state index contributed by atoms with van der Waals surface area (Å²) in [4.78, 5) is 22.3. The van der Waals surface area contributed by atoms with Crippen LogP contribution in [0.15, 0.2) is 0 Å². The van der Waals surface area contributed by atoms with E-state index in [0.717, 1.165) is 24.7 Å². The van der Waals surface area contributed by atoms with Gasteiger partial charge in [0, 0.05) is 19.5 Å². The van der Waals surface area contributed by atoms with Crippen LogP contribution in [0, 0.1) is 17.8 Å². The molecule has 0 aromatic rings. The van der Waals surface area contributed by atoms with E-state index in [2.05, 4.69) is 17.6 Å². The third kappa shape index (κ3) is 7.93. The van der Waals surface area contributed by atoms with Gasteiger partial charge in [-0.1, -0.05) is 39.5 Å². The lowest BCUT2D eigenvalue weighted by atomic mass is 9.81. The van der Waals surface area contributed by atoms with Gasteiger partial charge < -0.3 is 15.7 Å². The Morgan fingerprint density at radius 1 is 1.29 bits per heavy atom. The van der Waals surface area contributed by atoms with Crippen LogP contribution in [0.1, 0.15) is 58.8 Å². The molecule has 0 spiro atoms. The van der Waals surface area contributed by atoms with Gasteiger partial charge in [-0.25, -0.2) is 4.79 Å². The first-order valence-corrected chi connectivity index (χ1v) is 8.24. The molecule has 0 saturated heterocycles. The van der Waals surface area contributed by atoms with Crippen molar-refractivity contribution in [3.8, 4) is 0 Å². The fourth-order valence-corrected chi connectivity index (χ4v) is 3.12. The molecule has 122 valence electrons. The first kappa shape index (κ1) is 17.8. The van der Waals surface area contributed by atoms with Gasteiger partial charge in [0.1, 0.15) is 0 Å². The van der Waals surface area contributed by atoms with Crippen molar-refractivity contribution < 1.29 is 14.7 Å². The van der Waals surface area contributed by atoms with Crippen molar-refractivity contribution >= 4 is 12.0 Å². The lowest BCUT2D eigenvalue weighted by molar-refractivity contribution is -0.138. The molecule has 0 bridgehead atoms. The number of hydrogen-bond acceptors (Lipinski definition) is 2. The maximum Gasteiger partial charge on any atom is 0.314 e. The molecule has 1 aliphatic rings. The molecule has 5 nitrogen and oxygen atoms in total. The second kappa shape index (κ2) is 9.64. The molecule has 1 rings (SSSR count). The van der Waals surface area contributed by atoms with Gasteiger partial charge in [0.15, 0.2) is 0 Å². The van der Waals surface area contributed by atoms with Gasteiger partial charge in [-0.3, -0.25) is 4.79 Å². The summed E-state index contributed by atoms with van der Waals surface area (Å²) in [5.74, 6) is 0.756. The number of amides is 2. The number of hydrogen-bond donors (Lipinski definition) is 3. The van der Waals surface area contributed by atoms with Crippen LogP contribution >= 0.6 is 0 Å². The maximum atomic E-state index is 11.7. The summed E-state index contributed by atoms with van der Waals surface area (Å²) in [5, 5.41) is 14.4. The lowest BCUT2D eigenvalue weighted by Crippen LogP contribution is -2.39. The minimum Gasteiger partial charge on any atom is -0.481 e. The number of carbonyl (C=O) groups is 2. The van der Waals surface area contributed by atoms with E-state index >= 15 is 0 Å². The standard InChI is InChI=1S/C16H30N2O3/c1-3-13(10-15(19)20)11-18-16(21)17-8-7-14-6-4-5-12(2)9-14/h12-14H,3-11H2,1-2H3,(H,19,20)(H2,17,18,21). The zero-order valence-electron chi connectivity index (χ0n) is 13.4. The summed E-state index contributed by atoms with van der Waals surface area (Å²) in [6, 6.07) is -0.178. The van der Waals surface area contributed by atoms with Crippen molar-refractivity contribution in [3.05, 3.63) is 0 Å². The highest BCUT2D eigenvalue weighted by molar-refractivity contribution is 5.74. The first-order chi connectivity index (χ1) is 10.0. The average Bonchev–Trinajstić information content (AvgIpc) is 2.43.